The van der Waals surface area contributed by atoms with E-state index < -0.39 is 58.3 Å². The zero-order chi connectivity index (χ0) is 18.8. The summed E-state index contributed by atoms with van der Waals surface area (Å²) in [4.78, 5) is 12.1. The first-order chi connectivity index (χ1) is 10.9. The molecule has 132 valence electrons. The number of nitrogens with one attached hydrogen (secondary N) is 1. The molecule has 0 unspecified atom stereocenters. The van der Waals surface area contributed by atoms with Crippen molar-refractivity contribution in [3.05, 3.63) is 29.1 Å². The van der Waals surface area contributed by atoms with Gasteiger partial charge in [-0.2, -0.15) is 8.78 Å². The minimum atomic E-state index is -2.34. The van der Waals surface area contributed by atoms with E-state index in [2.05, 4.69) is 16.0 Å². The second-order valence-corrected chi connectivity index (χ2v) is 5.96. The van der Waals surface area contributed by atoms with Crippen molar-refractivity contribution in [3.63, 3.8) is 0 Å². The lowest BCUT2D eigenvalue weighted by molar-refractivity contribution is -0.138. The van der Waals surface area contributed by atoms with Crippen molar-refractivity contribution < 1.29 is 31.5 Å². The van der Waals surface area contributed by atoms with Crippen LogP contribution in [-0.2, 0) is 4.79 Å². The highest BCUT2D eigenvalue weighted by Crippen LogP contribution is 2.29. The van der Waals surface area contributed by atoms with E-state index in [9.17, 15) is 26.7 Å². The van der Waals surface area contributed by atoms with Gasteiger partial charge in [-0.3, -0.25) is 5.32 Å². The molecule has 0 aliphatic rings. The standard InChI is InChI=1S/C16H16F5NO2/c1-6-16(4,5)22-13(7(2)3)15(23)24-14-11(20)9(18)8(17)10(19)12(14)21/h1,7,13,22H,2-5H3/t13-/m0/s1. The highest BCUT2D eigenvalue weighted by molar-refractivity contribution is 5.79. The van der Waals surface area contributed by atoms with Crippen LogP contribution in [0.2, 0.25) is 0 Å². The minimum absolute atomic E-state index is 0.439. The predicted octanol–water partition coefficient (Wildman–Crippen LogP) is 3.31. The van der Waals surface area contributed by atoms with E-state index in [1.807, 2.05) is 0 Å². The summed E-state index contributed by atoms with van der Waals surface area (Å²) >= 11 is 0. The Balaban J connectivity index is 3.20. The molecule has 0 bridgehead atoms. The van der Waals surface area contributed by atoms with Crippen LogP contribution in [0.15, 0.2) is 0 Å². The van der Waals surface area contributed by atoms with Gasteiger partial charge >= 0.3 is 5.97 Å². The number of rotatable bonds is 5. The van der Waals surface area contributed by atoms with Gasteiger partial charge in [0.25, 0.3) is 0 Å². The van der Waals surface area contributed by atoms with E-state index in [0.717, 1.165) is 0 Å². The summed E-state index contributed by atoms with van der Waals surface area (Å²) in [7, 11) is 0. The molecule has 1 aromatic carbocycles. The molecule has 0 aromatic heterocycles. The van der Waals surface area contributed by atoms with Crippen molar-refractivity contribution in [2.24, 2.45) is 5.92 Å². The molecular formula is C16H16F5NO2. The Morgan fingerprint density at radius 3 is 1.83 bits per heavy atom. The quantitative estimate of drug-likeness (QED) is 0.221. The summed E-state index contributed by atoms with van der Waals surface area (Å²) in [6.45, 7) is 6.30. The Hall–Kier alpha value is -2.14. The summed E-state index contributed by atoms with van der Waals surface area (Å²) in [6, 6.07) is -1.13. The molecule has 1 aromatic rings. The van der Waals surface area contributed by atoms with Gasteiger partial charge in [0.1, 0.15) is 6.04 Å². The molecule has 0 radical (unpaired) electrons. The average Bonchev–Trinajstić information content (AvgIpc) is 2.52. The molecular weight excluding hydrogens is 333 g/mol. The summed E-state index contributed by atoms with van der Waals surface area (Å²) in [5.74, 6) is -12.1. The Morgan fingerprint density at radius 2 is 1.46 bits per heavy atom. The second-order valence-electron chi connectivity index (χ2n) is 5.96. The van der Waals surface area contributed by atoms with Crippen LogP contribution in [0.5, 0.6) is 5.75 Å². The first-order valence-electron chi connectivity index (χ1n) is 6.91. The van der Waals surface area contributed by atoms with Gasteiger partial charge in [-0.15, -0.1) is 6.42 Å². The van der Waals surface area contributed by atoms with Crippen molar-refractivity contribution in [2.45, 2.75) is 39.3 Å². The molecule has 0 spiro atoms. The fourth-order valence-electron chi connectivity index (χ4n) is 1.77. The molecule has 24 heavy (non-hydrogen) atoms. The molecule has 1 atom stereocenters. The van der Waals surface area contributed by atoms with Gasteiger partial charge in [-0.25, -0.2) is 18.0 Å². The SMILES string of the molecule is C#CC(C)(C)N[C@H](C(=O)Oc1c(F)c(F)c(F)c(F)c1F)C(C)C. The van der Waals surface area contributed by atoms with Crippen LogP contribution in [-0.4, -0.2) is 17.6 Å². The van der Waals surface area contributed by atoms with E-state index in [1.165, 1.54) is 0 Å². The van der Waals surface area contributed by atoms with Crippen LogP contribution in [0.4, 0.5) is 22.0 Å². The van der Waals surface area contributed by atoms with Gasteiger partial charge in [0.2, 0.25) is 34.8 Å². The maximum atomic E-state index is 13.6. The molecule has 1 N–H and O–H groups in total. The number of benzene rings is 1. The second kappa shape index (κ2) is 7.18. The van der Waals surface area contributed by atoms with Gasteiger partial charge in [-0.05, 0) is 19.8 Å². The molecule has 1 rings (SSSR count). The Labute approximate surface area is 136 Å². The highest BCUT2D eigenvalue weighted by atomic mass is 19.2. The minimum Gasteiger partial charge on any atom is -0.419 e. The fourth-order valence-corrected chi connectivity index (χ4v) is 1.77. The third-order valence-electron chi connectivity index (χ3n) is 3.17. The lowest BCUT2D eigenvalue weighted by Gasteiger charge is -2.28. The van der Waals surface area contributed by atoms with E-state index in [0.29, 0.717) is 0 Å². The van der Waals surface area contributed by atoms with Gasteiger partial charge in [-0.1, -0.05) is 19.8 Å². The third kappa shape index (κ3) is 4.03. The Morgan fingerprint density at radius 1 is 1.04 bits per heavy atom. The van der Waals surface area contributed by atoms with Crippen molar-refractivity contribution in [1.29, 1.82) is 0 Å². The lowest BCUT2D eigenvalue weighted by atomic mass is 9.99. The van der Waals surface area contributed by atoms with E-state index in [4.69, 9.17) is 6.42 Å². The number of hydrogen-bond acceptors (Lipinski definition) is 3. The molecule has 0 aliphatic heterocycles. The van der Waals surface area contributed by atoms with Crippen molar-refractivity contribution >= 4 is 5.97 Å². The van der Waals surface area contributed by atoms with Crippen LogP contribution >= 0.6 is 0 Å². The van der Waals surface area contributed by atoms with Crippen LogP contribution < -0.4 is 10.1 Å². The van der Waals surface area contributed by atoms with Crippen molar-refractivity contribution in [3.8, 4) is 18.1 Å². The Bertz CT molecular complexity index is 666. The molecule has 0 aliphatic carbocycles. The number of carbonyl (C=O) groups is 1. The zero-order valence-electron chi connectivity index (χ0n) is 13.4. The van der Waals surface area contributed by atoms with Crippen LogP contribution in [0.1, 0.15) is 27.7 Å². The smallest absolute Gasteiger partial charge is 0.329 e. The van der Waals surface area contributed by atoms with Crippen molar-refractivity contribution in [2.75, 3.05) is 0 Å². The van der Waals surface area contributed by atoms with Crippen molar-refractivity contribution in [1.82, 2.24) is 5.32 Å². The van der Waals surface area contributed by atoms with Gasteiger partial charge in [0.15, 0.2) is 0 Å². The average molecular weight is 349 g/mol. The predicted molar refractivity (Wildman–Crippen MR) is 76.5 cm³/mol. The largest absolute Gasteiger partial charge is 0.419 e. The number of carbonyl (C=O) groups excluding carboxylic acids is 1. The molecule has 0 saturated heterocycles. The first kappa shape index (κ1) is 19.9. The summed E-state index contributed by atoms with van der Waals surface area (Å²) in [6.07, 6.45) is 5.29. The van der Waals surface area contributed by atoms with E-state index in [1.54, 1.807) is 27.7 Å². The number of hydrogen-bond donors (Lipinski definition) is 1. The molecule has 8 heteroatoms. The maximum absolute atomic E-state index is 13.6. The maximum Gasteiger partial charge on any atom is 0.329 e. The molecule has 0 heterocycles. The lowest BCUT2D eigenvalue weighted by Crippen LogP contribution is -2.52. The Kier molecular flexibility index (Phi) is 5.95. The van der Waals surface area contributed by atoms with Gasteiger partial charge in [0, 0.05) is 0 Å². The summed E-state index contributed by atoms with van der Waals surface area (Å²) < 4.78 is 70.9. The number of halogens is 5. The van der Waals surface area contributed by atoms with E-state index >= 15 is 0 Å². The third-order valence-corrected chi connectivity index (χ3v) is 3.17. The molecule has 0 amide bonds. The number of ether oxygens (including phenoxy) is 1. The van der Waals surface area contributed by atoms with E-state index in [-0.39, 0.29) is 0 Å². The molecule has 0 fully saturated rings. The number of terminal acetylenes is 1. The zero-order valence-corrected chi connectivity index (χ0v) is 13.4. The van der Waals surface area contributed by atoms with Crippen LogP contribution in [0, 0.1) is 47.3 Å². The molecule has 3 nitrogen and oxygen atoms in total. The summed E-state index contributed by atoms with van der Waals surface area (Å²) in [5.41, 5.74) is -0.968. The van der Waals surface area contributed by atoms with Crippen LogP contribution in [0.3, 0.4) is 0 Å². The van der Waals surface area contributed by atoms with Gasteiger partial charge in [0.05, 0.1) is 5.54 Å². The molecule has 0 saturated carbocycles. The first-order valence-corrected chi connectivity index (χ1v) is 6.91. The summed E-state index contributed by atoms with van der Waals surface area (Å²) in [5, 5.41) is 2.72. The monoisotopic (exact) mass is 349 g/mol. The normalized spacial score (nSPS) is 12.9. The van der Waals surface area contributed by atoms with Crippen LogP contribution in [0.25, 0.3) is 0 Å². The topological polar surface area (TPSA) is 38.3 Å². The highest BCUT2D eigenvalue weighted by Gasteiger charge is 2.33. The number of esters is 1. The van der Waals surface area contributed by atoms with Gasteiger partial charge < -0.3 is 4.74 Å². The fraction of sp³-hybridized carbons (Fsp3) is 0.438.